The van der Waals surface area contributed by atoms with Crippen LogP contribution in [0.1, 0.15) is 12.5 Å². The first-order valence-corrected chi connectivity index (χ1v) is 6.18. The number of hydrogen-bond donors (Lipinski definition) is 1. The smallest absolute Gasteiger partial charge is 0.232 e. The van der Waals surface area contributed by atoms with Crippen LogP contribution in [0.25, 0.3) is 0 Å². The quantitative estimate of drug-likeness (QED) is 0.873. The third kappa shape index (κ3) is 3.32. The lowest BCUT2D eigenvalue weighted by atomic mass is 10.2. The highest BCUT2D eigenvalue weighted by molar-refractivity contribution is 7.85. The molecule has 3 nitrogen and oxygen atoms in total. The summed E-state index contributed by atoms with van der Waals surface area (Å²) in [5, 5.41) is -0.0937. The molecule has 1 rings (SSSR count). The molecule has 82 valence electrons. The third-order valence-electron chi connectivity index (χ3n) is 2.05. The molecule has 0 aromatic heterocycles. The lowest BCUT2D eigenvalue weighted by Crippen LogP contribution is -2.30. The first kappa shape index (κ1) is 12.2. The van der Waals surface area contributed by atoms with Crippen LogP contribution in [0.2, 0.25) is 5.02 Å². The molecule has 0 fully saturated rings. The van der Waals surface area contributed by atoms with Crippen molar-refractivity contribution >= 4 is 28.3 Å². The number of carbonyl (C=O) groups is 1. The van der Waals surface area contributed by atoms with Crippen LogP contribution in [-0.4, -0.2) is 15.4 Å². The van der Waals surface area contributed by atoms with Gasteiger partial charge in [-0.15, -0.1) is 0 Å². The molecule has 0 spiro atoms. The van der Waals surface area contributed by atoms with E-state index in [1.54, 1.807) is 25.1 Å². The Bertz CT molecular complexity index is 395. The minimum absolute atomic E-state index is 0.254. The molecular formula is C10H12ClNO2S. The zero-order chi connectivity index (χ0) is 11.4. The Morgan fingerprint density at radius 1 is 1.53 bits per heavy atom. The summed E-state index contributed by atoms with van der Waals surface area (Å²) in [4.78, 5) is 10.8. The summed E-state index contributed by atoms with van der Waals surface area (Å²) in [6.45, 7) is 1.55. The van der Waals surface area contributed by atoms with Gasteiger partial charge in [0.05, 0.1) is 5.75 Å². The van der Waals surface area contributed by atoms with E-state index in [2.05, 4.69) is 0 Å². The van der Waals surface area contributed by atoms with E-state index in [4.69, 9.17) is 17.3 Å². The van der Waals surface area contributed by atoms with Gasteiger partial charge in [-0.25, -0.2) is 0 Å². The summed E-state index contributed by atoms with van der Waals surface area (Å²) in [5.74, 6) is -0.301. The number of nitrogens with two attached hydrogens (primary N) is 1. The summed E-state index contributed by atoms with van der Waals surface area (Å²) < 4.78 is 11.7. The largest absolute Gasteiger partial charge is 0.369 e. The average Bonchev–Trinajstić information content (AvgIpc) is 2.20. The minimum Gasteiger partial charge on any atom is -0.369 e. The Morgan fingerprint density at radius 2 is 2.13 bits per heavy atom. The molecule has 1 amide bonds. The maximum atomic E-state index is 11.7. The molecule has 0 heterocycles. The van der Waals surface area contributed by atoms with Gasteiger partial charge in [-0.05, 0) is 18.6 Å². The Kier molecular flexibility index (Phi) is 4.29. The second-order valence-electron chi connectivity index (χ2n) is 3.16. The molecule has 0 saturated heterocycles. The molecule has 0 unspecified atom stereocenters. The number of hydrogen-bond acceptors (Lipinski definition) is 2. The van der Waals surface area contributed by atoms with Crippen molar-refractivity contribution in [3.05, 3.63) is 34.9 Å². The number of rotatable bonds is 4. The lowest BCUT2D eigenvalue weighted by molar-refractivity contribution is -0.117. The monoisotopic (exact) mass is 245 g/mol. The van der Waals surface area contributed by atoms with Crippen LogP contribution in [0.4, 0.5) is 0 Å². The van der Waals surface area contributed by atoms with E-state index in [0.29, 0.717) is 5.02 Å². The third-order valence-corrected chi connectivity index (χ3v) is 4.04. The van der Waals surface area contributed by atoms with Gasteiger partial charge in [-0.1, -0.05) is 29.8 Å². The van der Waals surface area contributed by atoms with E-state index in [1.807, 2.05) is 6.07 Å². The van der Waals surface area contributed by atoms with Crippen molar-refractivity contribution in [2.24, 2.45) is 5.73 Å². The molecule has 0 aliphatic heterocycles. The Labute approximate surface area is 96.1 Å². The lowest BCUT2D eigenvalue weighted by Gasteiger charge is -2.08. The number of benzene rings is 1. The van der Waals surface area contributed by atoms with Crippen LogP contribution in [0.5, 0.6) is 0 Å². The van der Waals surface area contributed by atoms with Crippen molar-refractivity contribution in [3.8, 4) is 0 Å². The highest BCUT2D eigenvalue weighted by atomic mass is 35.5. The fraction of sp³-hybridized carbons (Fsp3) is 0.300. The Morgan fingerprint density at radius 3 is 2.67 bits per heavy atom. The van der Waals surface area contributed by atoms with Gasteiger partial charge in [-0.3, -0.25) is 9.00 Å². The maximum absolute atomic E-state index is 11.7. The predicted molar refractivity (Wildman–Crippen MR) is 62.0 cm³/mol. The van der Waals surface area contributed by atoms with Gasteiger partial charge in [0.2, 0.25) is 5.91 Å². The summed E-state index contributed by atoms with van der Waals surface area (Å²) in [6, 6.07) is 7.12. The van der Waals surface area contributed by atoms with Gasteiger partial charge in [0.1, 0.15) is 5.25 Å². The van der Waals surface area contributed by atoms with Crippen LogP contribution in [0.3, 0.4) is 0 Å². The molecule has 1 aromatic carbocycles. The van der Waals surface area contributed by atoms with Crippen LogP contribution >= 0.6 is 11.6 Å². The summed E-state index contributed by atoms with van der Waals surface area (Å²) in [6.07, 6.45) is 0. The molecule has 0 aliphatic carbocycles. The van der Waals surface area contributed by atoms with Gasteiger partial charge in [0.25, 0.3) is 0 Å². The van der Waals surface area contributed by atoms with Crippen molar-refractivity contribution in [2.75, 3.05) is 0 Å². The van der Waals surface area contributed by atoms with E-state index in [1.165, 1.54) is 0 Å². The maximum Gasteiger partial charge on any atom is 0.232 e. The normalized spacial score (nSPS) is 14.5. The Balaban J connectivity index is 2.75. The minimum atomic E-state index is -1.32. The van der Waals surface area contributed by atoms with Crippen molar-refractivity contribution in [3.63, 3.8) is 0 Å². The molecule has 5 heteroatoms. The van der Waals surface area contributed by atoms with E-state index in [0.717, 1.165) is 5.56 Å². The number of carbonyl (C=O) groups excluding carboxylic acids is 1. The zero-order valence-electron chi connectivity index (χ0n) is 8.27. The van der Waals surface area contributed by atoms with E-state index in [-0.39, 0.29) is 5.75 Å². The Hall–Kier alpha value is -0.870. The van der Waals surface area contributed by atoms with Crippen LogP contribution in [0.15, 0.2) is 24.3 Å². The highest BCUT2D eigenvalue weighted by Crippen LogP contribution is 2.17. The van der Waals surface area contributed by atoms with Gasteiger partial charge >= 0.3 is 0 Å². The molecule has 1 aromatic rings. The van der Waals surface area contributed by atoms with E-state index in [9.17, 15) is 9.00 Å². The van der Waals surface area contributed by atoms with E-state index >= 15 is 0 Å². The fourth-order valence-corrected chi connectivity index (χ4v) is 2.37. The van der Waals surface area contributed by atoms with E-state index < -0.39 is 22.0 Å². The first-order valence-electron chi connectivity index (χ1n) is 4.42. The topological polar surface area (TPSA) is 60.2 Å². The molecule has 0 radical (unpaired) electrons. The molecule has 2 N–H and O–H groups in total. The van der Waals surface area contributed by atoms with Crippen molar-refractivity contribution in [1.29, 1.82) is 0 Å². The summed E-state index contributed by atoms with van der Waals surface area (Å²) >= 11 is 5.90. The zero-order valence-corrected chi connectivity index (χ0v) is 9.85. The highest BCUT2D eigenvalue weighted by Gasteiger charge is 2.17. The molecule has 0 aliphatic rings. The van der Waals surface area contributed by atoms with Gasteiger partial charge < -0.3 is 5.73 Å². The standard InChI is InChI=1S/C10H12ClNO2S/c1-7(10(12)13)15(14)6-8-4-2-3-5-9(8)11/h2-5,7H,6H2,1H3,(H2,12,13)/t7-,15-/m0/s1. The van der Waals surface area contributed by atoms with Crippen molar-refractivity contribution < 1.29 is 9.00 Å². The molecule has 0 saturated carbocycles. The van der Waals surface area contributed by atoms with Gasteiger partial charge in [0, 0.05) is 15.8 Å². The SMILES string of the molecule is C[C@@H](C(N)=O)[S@@](=O)Cc1ccccc1Cl. The van der Waals surface area contributed by atoms with Gasteiger partial charge in [0.15, 0.2) is 0 Å². The molecular weight excluding hydrogens is 234 g/mol. The second-order valence-corrected chi connectivity index (χ2v) is 5.33. The van der Waals surface area contributed by atoms with Crippen molar-refractivity contribution in [2.45, 2.75) is 17.9 Å². The van der Waals surface area contributed by atoms with Crippen molar-refractivity contribution in [1.82, 2.24) is 0 Å². The van der Waals surface area contributed by atoms with Crippen LogP contribution in [-0.2, 0) is 21.3 Å². The summed E-state index contributed by atoms with van der Waals surface area (Å²) in [7, 11) is -1.32. The van der Waals surface area contributed by atoms with Gasteiger partial charge in [-0.2, -0.15) is 0 Å². The summed E-state index contributed by atoms with van der Waals surface area (Å²) in [5.41, 5.74) is 5.83. The molecule has 15 heavy (non-hydrogen) atoms. The predicted octanol–water partition coefficient (Wildman–Crippen LogP) is 1.46. The number of halogens is 1. The number of primary amides is 1. The second kappa shape index (κ2) is 5.28. The molecule has 0 bridgehead atoms. The van der Waals surface area contributed by atoms with Crippen LogP contribution < -0.4 is 5.73 Å². The molecule has 2 atom stereocenters. The number of amides is 1. The first-order chi connectivity index (χ1) is 7.02. The fourth-order valence-electron chi connectivity index (χ4n) is 1.02. The van der Waals surface area contributed by atoms with Crippen LogP contribution in [0, 0.1) is 0 Å². The average molecular weight is 246 g/mol.